The maximum Gasteiger partial charge on any atom is 0.338 e. The molecule has 0 aromatic heterocycles. The predicted molar refractivity (Wildman–Crippen MR) is 106 cm³/mol. The van der Waals surface area contributed by atoms with Crippen molar-refractivity contribution < 1.29 is 14.3 Å². The van der Waals surface area contributed by atoms with Crippen LogP contribution in [0.5, 0.6) is 0 Å². The highest BCUT2D eigenvalue weighted by molar-refractivity contribution is 5.96. The molecule has 0 bridgehead atoms. The lowest BCUT2D eigenvalue weighted by Crippen LogP contribution is -2.37. The lowest BCUT2D eigenvalue weighted by molar-refractivity contribution is -0.117. The van der Waals surface area contributed by atoms with Crippen LogP contribution in [-0.4, -0.2) is 23.5 Å². The normalized spacial score (nSPS) is 11.8. The maximum atomic E-state index is 12.2. The Labute approximate surface area is 160 Å². The molecule has 5 nitrogen and oxygen atoms in total. The van der Waals surface area contributed by atoms with Crippen LogP contribution < -0.4 is 11.1 Å². The lowest BCUT2D eigenvalue weighted by atomic mass is 10.1. The second kappa shape index (κ2) is 9.36. The van der Waals surface area contributed by atoms with E-state index in [1.165, 1.54) is 0 Å². The van der Waals surface area contributed by atoms with Gasteiger partial charge in [-0.15, -0.1) is 12.4 Å². The average Bonchev–Trinajstić information content (AvgIpc) is 2.54. The molecule has 0 aliphatic heterocycles. The molecule has 26 heavy (non-hydrogen) atoms. The molecular formula is C20H25ClN2O3. The number of esters is 1. The van der Waals surface area contributed by atoms with Gasteiger partial charge in [0.05, 0.1) is 11.6 Å². The SMILES string of the molecule is CC(C)(C)OC(=O)c1ccc(NC(=O)C(N)Cc2ccccc2)cc1.Cl. The van der Waals surface area contributed by atoms with Crippen LogP contribution in [0, 0.1) is 0 Å². The van der Waals surface area contributed by atoms with Gasteiger partial charge in [0, 0.05) is 5.69 Å². The van der Waals surface area contributed by atoms with Crippen molar-refractivity contribution in [1.29, 1.82) is 0 Å². The quantitative estimate of drug-likeness (QED) is 0.781. The number of amides is 1. The molecule has 0 saturated carbocycles. The second-order valence-electron chi connectivity index (χ2n) is 6.86. The average molecular weight is 377 g/mol. The first-order valence-electron chi connectivity index (χ1n) is 8.18. The molecule has 6 heteroatoms. The monoisotopic (exact) mass is 376 g/mol. The summed E-state index contributed by atoms with van der Waals surface area (Å²) in [7, 11) is 0. The molecule has 0 spiro atoms. The van der Waals surface area contributed by atoms with E-state index < -0.39 is 17.6 Å². The van der Waals surface area contributed by atoms with Crippen molar-refractivity contribution in [3.63, 3.8) is 0 Å². The number of rotatable bonds is 5. The summed E-state index contributed by atoms with van der Waals surface area (Å²) in [5.41, 5.74) is 7.43. The third-order valence-electron chi connectivity index (χ3n) is 3.42. The molecule has 0 saturated heterocycles. The van der Waals surface area contributed by atoms with Gasteiger partial charge in [0.15, 0.2) is 0 Å². The van der Waals surface area contributed by atoms with E-state index in [9.17, 15) is 9.59 Å². The van der Waals surface area contributed by atoms with Crippen molar-refractivity contribution in [3.05, 3.63) is 65.7 Å². The molecule has 0 fully saturated rings. The smallest absolute Gasteiger partial charge is 0.338 e. The molecule has 0 aliphatic rings. The zero-order valence-corrected chi connectivity index (χ0v) is 16.0. The summed E-state index contributed by atoms with van der Waals surface area (Å²) in [5, 5.41) is 2.76. The number of nitrogens with one attached hydrogen (secondary N) is 1. The molecule has 1 atom stereocenters. The van der Waals surface area contributed by atoms with Crippen LogP contribution in [-0.2, 0) is 16.0 Å². The number of ether oxygens (including phenoxy) is 1. The highest BCUT2D eigenvalue weighted by atomic mass is 35.5. The van der Waals surface area contributed by atoms with Crippen molar-refractivity contribution >= 4 is 30.0 Å². The summed E-state index contributed by atoms with van der Waals surface area (Å²) in [6, 6.07) is 15.5. The molecular weight excluding hydrogens is 352 g/mol. The Morgan fingerprint density at radius 3 is 2.15 bits per heavy atom. The lowest BCUT2D eigenvalue weighted by Gasteiger charge is -2.19. The topological polar surface area (TPSA) is 81.4 Å². The summed E-state index contributed by atoms with van der Waals surface area (Å²) in [4.78, 5) is 24.2. The van der Waals surface area contributed by atoms with E-state index in [1.807, 2.05) is 51.1 Å². The highest BCUT2D eigenvalue weighted by Crippen LogP contribution is 2.15. The Morgan fingerprint density at radius 1 is 1.04 bits per heavy atom. The van der Waals surface area contributed by atoms with Crippen molar-refractivity contribution in [2.45, 2.75) is 38.8 Å². The van der Waals surface area contributed by atoms with Gasteiger partial charge in [-0.1, -0.05) is 30.3 Å². The summed E-state index contributed by atoms with van der Waals surface area (Å²) in [5.74, 6) is -0.667. The van der Waals surface area contributed by atoms with E-state index in [-0.39, 0.29) is 18.3 Å². The third-order valence-corrected chi connectivity index (χ3v) is 3.42. The molecule has 0 radical (unpaired) electrons. The molecule has 1 unspecified atom stereocenters. The van der Waals surface area contributed by atoms with Crippen molar-refractivity contribution in [1.82, 2.24) is 0 Å². The molecule has 2 rings (SSSR count). The first-order valence-corrected chi connectivity index (χ1v) is 8.18. The van der Waals surface area contributed by atoms with Gasteiger partial charge in [0.1, 0.15) is 5.60 Å². The number of carbonyl (C=O) groups is 2. The van der Waals surface area contributed by atoms with E-state index >= 15 is 0 Å². The van der Waals surface area contributed by atoms with Crippen LogP contribution in [0.25, 0.3) is 0 Å². The standard InChI is InChI=1S/C20H24N2O3.ClH/c1-20(2,3)25-19(24)15-9-11-16(12-10-15)22-18(23)17(21)13-14-7-5-4-6-8-14;/h4-12,17H,13,21H2,1-3H3,(H,22,23);1H. The molecule has 2 aromatic rings. The number of hydrogen-bond acceptors (Lipinski definition) is 4. The fourth-order valence-corrected chi connectivity index (χ4v) is 2.22. The Bertz CT molecular complexity index is 725. The molecule has 140 valence electrons. The zero-order valence-electron chi connectivity index (χ0n) is 15.2. The van der Waals surface area contributed by atoms with Crippen LogP contribution in [0.2, 0.25) is 0 Å². The van der Waals surface area contributed by atoms with Gasteiger partial charge >= 0.3 is 5.97 Å². The fourth-order valence-electron chi connectivity index (χ4n) is 2.22. The highest BCUT2D eigenvalue weighted by Gasteiger charge is 2.18. The molecule has 1 amide bonds. The summed E-state index contributed by atoms with van der Waals surface area (Å²) < 4.78 is 5.30. The van der Waals surface area contributed by atoms with Gasteiger partial charge in [0.25, 0.3) is 0 Å². The number of nitrogens with two attached hydrogens (primary N) is 1. The summed E-state index contributed by atoms with van der Waals surface area (Å²) >= 11 is 0. The van der Waals surface area contributed by atoms with Crippen LogP contribution in [0.3, 0.4) is 0 Å². The van der Waals surface area contributed by atoms with Crippen LogP contribution in [0.4, 0.5) is 5.69 Å². The van der Waals surface area contributed by atoms with Gasteiger partial charge in [-0.05, 0) is 57.0 Å². The minimum Gasteiger partial charge on any atom is -0.456 e. The minimum atomic E-state index is -0.645. The van der Waals surface area contributed by atoms with Gasteiger partial charge in [-0.2, -0.15) is 0 Å². The van der Waals surface area contributed by atoms with Crippen LogP contribution in [0.1, 0.15) is 36.7 Å². The summed E-state index contributed by atoms with van der Waals surface area (Å²) in [6.07, 6.45) is 0.461. The first-order chi connectivity index (χ1) is 11.7. The number of benzene rings is 2. The van der Waals surface area contributed by atoms with Crippen molar-refractivity contribution in [2.75, 3.05) is 5.32 Å². The molecule has 3 N–H and O–H groups in total. The Kier molecular flexibility index (Phi) is 7.80. The molecule has 0 aliphatic carbocycles. The molecule has 2 aromatic carbocycles. The van der Waals surface area contributed by atoms with Gasteiger partial charge in [-0.3, -0.25) is 4.79 Å². The van der Waals surface area contributed by atoms with Gasteiger partial charge in [-0.25, -0.2) is 4.79 Å². The van der Waals surface area contributed by atoms with E-state index in [0.717, 1.165) is 5.56 Å². The first kappa shape index (κ1) is 21.7. The predicted octanol–water partition coefficient (Wildman–Crippen LogP) is 3.57. The third kappa shape index (κ3) is 6.86. The van der Waals surface area contributed by atoms with Gasteiger partial charge < -0.3 is 15.8 Å². The summed E-state index contributed by atoms with van der Waals surface area (Å²) in [6.45, 7) is 5.44. The van der Waals surface area contributed by atoms with Gasteiger partial charge in [0.2, 0.25) is 5.91 Å². The van der Waals surface area contributed by atoms with E-state index in [0.29, 0.717) is 17.7 Å². The number of anilines is 1. The minimum absolute atomic E-state index is 0. The van der Waals surface area contributed by atoms with Crippen molar-refractivity contribution in [3.8, 4) is 0 Å². The number of hydrogen-bond donors (Lipinski definition) is 2. The maximum absolute atomic E-state index is 12.2. The molecule has 0 heterocycles. The largest absolute Gasteiger partial charge is 0.456 e. The van der Waals surface area contributed by atoms with Crippen molar-refractivity contribution in [2.24, 2.45) is 5.73 Å². The van der Waals surface area contributed by atoms with Crippen LogP contribution >= 0.6 is 12.4 Å². The van der Waals surface area contributed by atoms with Crippen LogP contribution in [0.15, 0.2) is 54.6 Å². The Morgan fingerprint density at radius 2 is 1.62 bits per heavy atom. The fraction of sp³-hybridized carbons (Fsp3) is 0.300. The van der Waals surface area contributed by atoms with E-state index in [1.54, 1.807) is 24.3 Å². The zero-order chi connectivity index (χ0) is 18.4. The Hall–Kier alpha value is -2.37. The second-order valence-corrected chi connectivity index (χ2v) is 6.86. The number of carbonyl (C=O) groups excluding carboxylic acids is 2. The Balaban J connectivity index is 0.00000338. The van der Waals surface area contributed by atoms with E-state index in [4.69, 9.17) is 10.5 Å². The van der Waals surface area contributed by atoms with E-state index in [2.05, 4.69) is 5.32 Å². The number of halogens is 1.